The van der Waals surface area contributed by atoms with Gasteiger partial charge in [-0.15, -0.1) is 0 Å². The van der Waals surface area contributed by atoms with Crippen LogP contribution in [0.15, 0.2) is 0 Å². The molecule has 166 valence electrons. The molecule has 30 heavy (non-hydrogen) atoms. The van der Waals surface area contributed by atoms with Crippen LogP contribution in [-0.4, -0.2) is 138 Å². The molecule has 12 heteroatoms. The van der Waals surface area contributed by atoms with E-state index in [-0.39, 0.29) is 77.6 Å². The molecule has 0 unspecified atom stereocenters. The Labute approximate surface area is 219 Å². The molecule has 0 aromatic rings. The monoisotopic (exact) mass is 454 g/mol. The first-order valence-electron chi connectivity index (χ1n) is 9.70. The largest absolute Gasteiger partial charge is 1.00 e. The van der Waals surface area contributed by atoms with Crippen LogP contribution in [0.4, 0.5) is 0 Å². The average Bonchev–Trinajstić information content (AvgIpc) is 2.61. The smallest absolute Gasteiger partial charge is 0.541 e. The first-order chi connectivity index (χ1) is 13.8. The topological polar surface area (TPSA) is 142 Å². The van der Waals surface area contributed by atoms with E-state index in [1.807, 2.05) is 11.2 Å². The molecular formula is C18H31KN4O7. The maximum Gasteiger partial charge on any atom is 1.00 e. The van der Waals surface area contributed by atoms with Crippen LogP contribution >= 0.6 is 0 Å². The molecule has 1 fully saturated rings. The summed E-state index contributed by atoms with van der Waals surface area (Å²) in [5.41, 5.74) is 0. The fourth-order valence-corrected chi connectivity index (χ4v) is 3.35. The summed E-state index contributed by atoms with van der Waals surface area (Å²) in [6.45, 7) is 3.52. The average molecular weight is 455 g/mol. The molecule has 1 aliphatic rings. The van der Waals surface area contributed by atoms with Gasteiger partial charge in [0.05, 0.1) is 19.6 Å². The second kappa shape index (κ2) is 17.2. The SMILES string of the molecule is O=[C-]CN1CCCN(CC(=O)O)CCN(CC(=O)O)CCCN(CC(=O)O)CC1.[K+]. The van der Waals surface area contributed by atoms with Gasteiger partial charge in [0.1, 0.15) is 0 Å². The van der Waals surface area contributed by atoms with Crippen molar-refractivity contribution >= 4 is 24.2 Å². The number of carbonyl (C=O) groups excluding carboxylic acids is 1. The van der Waals surface area contributed by atoms with Gasteiger partial charge in [0.25, 0.3) is 0 Å². The van der Waals surface area contributed by atoms with Crippen LogP contribution in [0, 0.1) is 0 Å². The van der Waals surface area contributed by atoms with Gasteiger partial charge in [0.2, 0.25) is 0 Å². The van der Waals surface area contributed by atoms with Crippen molar-refractivity contribution in [1.29, 1.82) is 0 Å². The summed E-state index contributed by atoms with van der Waals surface area (Å²) in [4.78, 5) is 51.4. The fourth-order valence-electron chi connectivity index (χ4n) is 3.35. The Hall–Kier alpha value is -0.444. The van der Waals surface area contributed by atoms with Crippen molar-refractivity contribution in [3.8, 4) is 0 Å². The zero-order chi connectivity index (χ0) is 21.6. The minimum Gasteiger partial charge on any atom is -0.541 e. The van der Waals surface area contributed by atoms with Gasteiger partial charge in [-0.2, -0.15) is 0 Å². The molecule has 3 N–H and O–H groups in total. The van der Waals surface area contributed by atoms with Gasteiger partial charge in [-0.3, -0.25) is 29.1 Å². The molecule has 0 aliphatic carbocycles. The van der Waals surface area contributed by atoms with Gasteiger partial charge in [0.15, 0.2) is 0 Å². The zero-order valence-corrected chi connectivity index (χ0v) is 20.8. The first kappa shape index (κ1) is 29.6. The van der Waals surface area contributed by atoms with E-state index in [9.17, 15) is 19.2 Å². The molecule has 0 spiro atoms. The molecule has 11 nitrogen and oxygen atoms in total. The Morgan fingerprint density at radius 2 is 0.900 bits per heavy atom. The Morgan fingerprint density at radius 1 is 0.600 bits per heavy atom. The predicted octanol–water partition coefficient (Wildman–Crippen LogP) is -4.64. The van der Waals surface area contributed by atoms with Crippen molar-refractivity contribution in [3.63, 3.8) is 0 Å². The van der Waals surface area contributed by atoms with Crippen molar-refractivity contribution < 1.29 is 85.9 Å². The Bertz CT molecular complexity index is 553. The summed E-state index contributed by atoms with van der Waals surface area (Å²) in [6.07, 6.45) is 3.08. The predicted molar refractivity (Wildman–Crippen MR) is 104 cm³/mol. The summed E-state index contributed by atoms with van der Waals surface area (Å²) in [5, 5.41) is 27.4. The number of carbonyl (C=O) groups is 3. The second-order valence-corrected chi connectivity index (χ2v) is 7.14. The van der Waals surface area contributed by atoms with Gasteiger partial charge in [-0.1, -0.05) is 6.54 Å². The number of hydrogen-bond donors (Lipinski definition) is 3. The van der Waals surface area contributed by atoms with Crippen molar-refractivity contribution in [2.24, 2.45) is 0 Å². The third-order valence-electron chi connectivity index (χ3n) is 4.73. The summed E-state index contributed by atoms with van der Waals surface area (Å²) >= 11 is 0. The van der Waals surface area contributed by atoms with Crippen molar-refractivity contribution in [3.05, 3.63) is 0 Å². The summed E-state index contributed by atoms with van der Waals surface area (Å²) in [6, 6.07) is 0. The van der Waals surface area contributed by atoms with E-state index in [4.69, 9.17) is 15.3 Å². The van der Waals surface area contributed by atoms with Gasteiger partial charge < -0.3 is 25.0 Å². The number of rotatable bonds is 8. The molecular weight excluding hydrogens is 423 g/mol. The van der Waals surface area contributed by atoms with Gasteiger partial charge in [0, 0.05) is 45.8 Å². The van der Waals surface area contributed by atoms with Crippen LogP contribution in [0.3, 0.4) is 0 Å². The minimum absolute atomic E-state index is 0. The van der Waals surface area contributed by atoms with E-state index in [0.29, 0.717) is 65.2 Å². The summed E-state index contributed by atoms with van der Waals surface area (Å²) < 4.78 is 0. The first-order valence-corrected chi connectivity index (χ1v) is 9.70. The normalized spacial score (nSPS) is 19.3. The van der Waals surface area contributed by atoms with Crippen molar-refractivity contribution in [2.75, 3.05) is 78.5 Å². The van der Waals surface area contributed by atoms with Crippen LogP contribution in [-0.2, 0) is 19.2 Å². The quantitative estimate of drug-likeness (QED) is 0.241. The van der Waals surface area contributed by atoms with Gasteiger partial charge in [-0.05, 0) is 19.4 Å². The van der Waals surface area contributed by atoms with E-state index in [2.05, 4.69) is 0 Å². The zero-order valence-electron chi connectivity index (χ0n) is 17.7. The molecule has 1 saturated heterocycles. The van der Waals surface area contributed by atoms with Crippen LogP contribution in [0.25, 0.3) is 0 Å². The number of nitrogens with zero attached hydrogens (tertiary/aromatic N) is 4. The van der Waals surface area contributed by atoms with Crippen LogP contribution in [0.5, 0.6) is 0 Å². The Balaban J connectivity index is 0.00000841. The third-order valence-corrected chi connectivity index (χ3v) is 4.73. The van der Waals surface area contributed by atoms with Crippen LogP contribution in [0.1, 0.15) is 12.8 Å². The maximum atomic E-state index is 11.1. The molecule has 1 rings (SSSR count). The number of hydrogen-bond acceptors (Lipinski definition) is 8. The maximum absolute atomic E-state index is 11.1. The standard InChI is InChI=1S/C18H31N4O7.K/c23-12-11-19-3-1-4-21(14-17(26)27)9-10-22(15-18(28)29)6-2-5-20(8-7-19)13-16(24)25;/h1-11,13-15H2,(H,24,25)(H,26,27)(H,28,29);/q-1;+1. The molecule has 0 aromatic heterocycles. The van der Waals surface area contributed by atoms with Gasteiger partial charge >= 0.3 is 69.3 Å². The van der Waals surface area contributed by atoms with E-state index in [1.54, 1.807) is 14.7 Å². The molecule has 0 atom stereocenters. The molecule has 0 aromatic carbocycles. The van der Waals surface area contributed by atoms with E-state index >= 15 is 0 Å². The van der Waals surface area contributed by atoms with Crippen LogP contribution in [0.2, 0.25) is 0 Å². The molecule has 0 bridgehead atoms. The third kappa shape index (κ3) is 14.5. The second-order valence-electron chi connectivity index (χ2n) is 7.14. The molecule has 1 heterocycles. The Morgan fingerprint density at radius 3 is 1.20 bits per heavy atom. The minimum atomic E-state index is -0.959. The fraction of sp³-hybridized carbons (Fsp3) is 0.778. The summed E-state index contributed by atoms with van der Waals surface area (Å²) in [7, 11) is 0. The van der Waals surface area contributed by atoms with Crippen LogP contribution < -0.4 is 51.4 Å². The van der Waals surface area contributed by atoms with E-state index in [1.165, 1.54) is 0 Å². The number of carboxylic acids is 3. The van der Waals surface area contributed by atoms with Crippen molar-refractivity contribution in [2.45, 2.75) is 12.8 Å². The van der Waals surface area contributed by atoms with E-state index < -0.39 is 17.9 Å². The van der Waals surface area contributed by atoms with Crippen molar-refractivity contribution in [1.82, 2.24) is 19.6 Å². The Kier molecular flexibility index (Phi) is 16.9. The molecule has 0 saturated carbocycles. The molecule has 0 amide bonds. The van der Waals surface area contributed by atoms with E-state index in [0.717, 1.165) is 0 Å². The summed E-state index contributed by atoms with van der Waals surface area (Å²) in [5.74, 6) is -2.84. The molecule has 1 aliphatic heterocycles. The number of aliphatic carboxylic acids is 3. The number of carboxylic acid groups (broad SMARTS) is 3. The molecule has 0 radical (unpaired) electrons. The van der Waals surface area contributed by atoms with Gasteiger partial charge in [-0.25, -0.2) is 6.29 Å².